The zero-order valence-corrected chi connectivity index (χ0v) is 40.9. The molecule has 1 aliphatic rings. The first-order chi connectivity index (χ1) is 29.3. The molecular formula is C59H68BFN2. The Bertz CT molecular complexity index is 2720. The maximum atomic E-state index is 17.2. The summed E-state index contributed by atoms with van der Waals surface area (Å²) in [7, 11) is -1.37. The molecule has 5 aromatic carbocycles. The molecule has 2 heterocycles. The molecule has 1 aromatic heterocycles. The fraction of sp³-hybridized carbons (Fsp3) is 0.339. The second-order valence-corrected chi connectivity index (χ2v) is 22.1. The first-order valence-corrected chi connectivity index (χ1v) is 22.8. The maximum absolute atomic E-state index is 17.2. The second-order valence-electron chi connectivity index (χ2n) is 22.1. The van der Waals surface area contributed by atoms with Gasteiger partial charge in [-0.3, -0.25) is 0 Å². The third-order valence-electron chi connectivity index (χ3n) is 12.8. The van der Waals surface area contributed by atoms with E-state index in [1.807, 2.05) is 4.48 Å². The van der Waals surface area contributed by atoms with E-state index < -0.39 is 7.12 Å². The molecule has 0 amide bonds. The molecule has 6 aromatic rings. The first kappa shape index (κ1) is 45.5. The normalized spacial score (nSPS) is 14.5. The van der Waals surface area contributed by atoms with Crippen LogP contribution in [0, 0.1) is 20.8 Å². The number of aromatic nitrogens is 1. The molecule has 0 radical (unpaired) electrons. The number of aryl methyl sites for hydroxylation is 3. The van der Waals surface area contributed by atoms with E-state index >= 15 is 4.32 Å². The molecular weight excluding hydrogens is 766 g/mol. The van der Waals surface area contributed by atoms with E-state index in [0.29, 0.717) is 0 Å². The fourth-order valence-electron chi connectivity index (χ4n) is 9.07. The van der Waals surface area contributed by atoms with E-state index in [2.05, 4.69) is 225 Å². The van der Waals surface area contributed by atoms with Gasteiger partial charge >= 0.3 is 7.12 Å². The van der Waals surface area contributed by atoms with Crippen molar-refractivity contribution >= 4 is 24.0 Å². The maximum Gasteiger partial charge on any atom is 0.462 e. The third-order valence-corrected chi connectivity index (χ3v) is 12.8. The predicted molar refractivity (Wildman–Crippen MR) is 272 cm³/mol. The van der Waals surface area contributed by atoms with Gasteiger partial charge in [0.1, 0.15) is 0 Å². The van der Waals surface area contributed by atoms with Crippen LogP contribution in [0.2, 0.25) is 6.82 Å². The minimum Gasteiger partial charge on any atom is -0.355 e. The van der Waals surface area contributed by atoms with Gasteiger partial charge in [-0.1, -0.05) is 198 Å². The van der Waals surface area contributed by atoms with Gasteiger partial charge in [-0.15, -0.1) is 0 Å². The van der Waals surface area contributed by atoms with Gasteiger partial charge in [-0.25, -0.2) is 4.99 Å². The summed E-state index contributed by atoms with van der Waals surface area (Å²) in [4.78, 5) is 5.71. The zero-order valence-electron chi connectivity index (χ0n) is 40.9. The lowest BCUT2D eigenvalue weighted by molar-refractivity contribution is 0.590. The van der Waals surface area contributed by atoms with Gasteiger partial charge in [0, 0.05) is 33.7 Å². The van der Waals surface area contributed by atoms with Crippen LogP contribution in [0.1, 0.15) is 144 Å². The number of hydrogen-bond acceptors (Lipinski definition) is 1. The Morgan fingerprint density at radius 3 is 1.29 bits per heavy atom. The lowest BCUT2D eigenvalue weighted by Gasteiger charge is -2.24. The average Bonchev–Trinajstić information content (AvgIpc) is 3.82. The molecule has 2 nitrogen and oxygen atoms in total. The highest BCUT2D eigenvalue weighted by Gasteiger charge is 2.33. The molecule has 0 unspecified atom stereocenters. The van der Waals surface area contributed by atoms with E-state index in [-0.39, 0.29) is 21.7 Å². The van der Waals surface area contributed by atoms with Crippen LogP contribution in [0.15, 0.2) is 132 Å². The van der Waals surface area contributed by atoms with Gasteiger partial charge in [-0.2, -0.15) is 0 Å². The smallest absolute Gasteiger partial charge is 0.355 e. The molecule has 0 fully saturated rings. The van der Waals surface area contributed by atoms with E-state index in [4.69, 9.17) is 4.99 Å². The van der Waals surface area contributed by atoms with Gasteiger partial charge in [-0.05, 0) is 117 Å². The highest BCUT2D eigenvalue weighted by atomic mass is 19.1. The van der Waals surface area contributed by atoms with Crippen molar-refractivity contribution in [1.29, 1.82) is 0 Å². The van der Waals surface area contributed by atoms with Gasteiger partial charge in [0.15, 0.2) is 0 Å². The van der Waals surface area contributed by atoms with Crippen LogP contribution < -0.4 is 0 Å². The van der Waals surface area contributed by atoms with Crippen molar-refractivity contribution in [3.8, 4) is 22.4 Å². The largest absolute Gasteiger partial charge is 0.462 e. The van der Waals surface area contributed by atoms with Gasteiger partial charge in [0.05, 0.1) is 11.4 Å². The summed E-state index contributed by atoms with van der Waals surface area (Å²) < 4.78 is 19.2. The molecule has 0 aliphatic carbocycles. The van der Waals surface area contributed by atoms with E-state index in [0.717, 1.165) is 78.5 Å². The van der Waals surface area contributed by atoms with Crippen molar-refractivity contribution in [2.24, 2.45) is 4.99 Å². The minimum absolute atomic E-state index is 0.00395. The Morgan fingerprint density at radius 1 is 0.508 bits per heavy atom. The topological polar surface area (TPSA) is 17.3 Å². The summed E-state index contributed by atoms with van der Waals surface area (Å²) in [5, 5.41) is 0. The summed E-state index contributed by atoms with van der Waals surface area (Å²) in [6.45, 7) is 35.1. The molecule has 0 atom stereocenters. The lowest BCUT2D eigenvalue weighted by atomic mass is 9.82. The van der Waals surface area contributed by atoms with Crippen molar-refractivity contribution < 1.29 is 4.32 Å². The Hall–Kier alpha value is -5.48. The quantitative estimate of drug-likeness (QED) is 0.143. The number of allylic oxidation sites excluding steroid dienone is 2. The molecule has 1 aliphatic heterocycles. The summed E-state index contributed by atoms with van der Waals surface area (Å²) in [5.41, 5.74) is 19.9. The van der Waals surface area contributed by atoms with Gasteiger partial charge in [0.2, 0.25) is 0 Å². The van der Waals surface area contributed by atoms with Crippen molar-refractivity contribution in [2.75, 3.05) is 0 Å². The Labute approximate surface area is 379 Å². The standard InChI is InChI=1S/C59H68BFN2/c1-37-33-38(2)52(39(3)34-37)53(54-48(40-17-25-44(26-18-40)56(4,5)6)35-50(62-54)42-21-29-46(30-22-42)58(10,11)12)55-49(41-19-27-45(28-20-41)57(7,8)9)36-51(63(55)60(16)61)43-23-31-47(32-24-43)59(13,14)15/h17-36H,1-16H3/b54-53-. The van der Waals surface area contributed by atoms with E-state index in [1.165, 1.54) is 27.8 Å². The zero-order chi connectivity index (χ0) is 46.0. The fourth-order valence-corrected chi connectivity index (χ4v) is 9.07. The molecule has 63 heavy (non-hydrogen) atoms. The number of rotatable bonds is 7. The lowest BCUT2D eigenvalue weighted by Crippen LogP contribution is -2.20. The van der Waals surface area contributed by atoms with E-state index in [1.54, 1.807) is 6.82 Å². The SMILES string of the molecule is CB(F)n1c(-c2ccc(C(C)(C)C)cc2)cc(-c2ccc(C(C)(C)C)cc2)c1/C(=C1\N=C(c2ccc(C(C)(C)C)cc2)C=C1c1ccc(C(C)(C)C)cc1)c1c(C)cc(C)cc1C. The summed E-state index contributed by atoms with van der Waals surface area (Å²) >= 11 is 0. The van der Waals surface area contributed by atoms with Crippen LogP contribution in [0.3, 0.4) is 0 Å². The highest BCUT2D eigenvalue weighted by molar-refractivity contribution is 6.49. The van der Waals surface area contributed by atoms with Crippen molar-refractivity contribution in [2.45, 2.75) is 132 Å². The average molecular weight is 835 g/mol. The summed E-state index contributed by atoms with van der Waals surface area (Å²) in [5.74, 6) is 0. The van der Waals surface area contributed by atoms with Crippen LogP contribution in [0.5, 0.6) is 0 Å². The first-order valence-electron chi connectivity index (χ1n) is 22.8. The molecule has 0 saturated carbocycles. The third kappa shape index (κ3) is 9.29. The van der Waals surface area contributed by atoms with Gasteiger partial charge < -0.3 is 8.79 Å². The summed E-state index contributed by atoms with van der Waals surface area (Å²) in [6, 6.07) is 42.2. The Kier molecular flexibility index (Phi) is 12.0. The molecule has 0 N–H and O–H groups in total. The molecule has 0 spiro atoms. The minimum atomic E-state index is -1.37. The molecule has 4 heteroatoms. The van der Waals surface area contributed by atoms with Crippen molar-refractivity contribution in [1.82, 2.24) is 4.48 Å². The van der Waals surface area contributed by atoms with Crippen LogP contribution >= 0.6 is 0 Å². The Morgan fingerprint density at radius 2 is 0.889 bits per heavy atom. The number of aliphatic imine (C=N–C) groups is 1. The number of hydrogen-bond donors (Lipinski definition) is 0. The highest BCUT2D eigenvalue weighted by Crippen LogP contribution is 2.47. The van der Waals surface area contributed by atoms with Crippen LogP contribution in [0.4, 0.5) is 4.32 Å². The second kappa shape index (κ2) is 16.6. The molecule has 0 bridgehead atoms. The van der Waals surface area contributed by atoms with Crippen LogP contribution in [-0.2, 0) is 21.7 Å². The molecule has 7 rings (SSSR count). The van der Waals surface area contributed by atoms with Crippen molar-refractivity contribution in [3.63, 3.8) is 0 Å². The van der Waals surface area contributed by atoms with Crippen LogP contribution in [-0.4, -0.2) is 17.3 Å². The van der Waals surface area contributed by atoms with Gasteiger partial charge in [0.25, 0.3) is 0 Å². The predicted octanol–water partition coefficient (Wildman–Crippen LogP) is 16.2. The number of nitrogens with zero attached hydrogens (tertiary/aromatic N) is 2. The van der Waals surface area contributed by atoms with E-state index in [9.17, 15) is 0 Å². The number of benzene rings is 5. The summed E-state index contributed by atoms with van der Waals surface area (Å²) in [6.07, 6.45) is 2.25. The molecule has 324 valence electrons. The Balaban J connectivity index is 1.64. The van der Waals surface area contributed by atoms with Crippen LogP contribution in [0.25, 0.3) is 33.5 Å². The molecule has 0 saturated heterocycles. The number of halogens is 1. The van der Waals surface area contributed by atoms with Crippen molar-refractivity contribution in [3.05, 3.63) is 188 Å². The monoisotopic (exact) mass is 835 g/mol.